The van der Waals surface area contributed by atoms with E-state index >= 15 is 0 Å². The molecule has 0 radical (unpaired) electrons. The third-order valence-corrected chi connectivity index (χ3v) is 9.38. The van der Waals surface area contributed by atoms with Gasteiger partial charge in [-0.15, -0.1) is 0 Å². The molecule has 0 atom stereocenters. The number of nitrogens with two attached hydrogens (primary N) is 1. The number of benzene rings is 4. The largest absolute Gasteiger partial charge is 0.417 e. The van der Waals surface area contributed by atoms with Crippen LogP contribution in [-0.2, 0) is 18.8 Å². The molecular formula is C39H26Cl3F6N7O4. The third-order valence-electron chi connectivity index (χ3n) is 8.52. The van der Waals surface area contributed by atoms with Crippen molar-refractivity contribution in [3.63, 3.8) is 0 Å². The summed E-state index contributed by atoms with van der Waals surface area (Å²) in [5.41, 5.74) is 8.90. The Bertz CT molecular complexity index is 2830. The van der Waals surface area contributed by atoms with Gasteiger partial charge in [0, 0.05) is 23.2 Å². The first kappa shape index (κ1) is 42.4. The third kappa shape index (κ3) is 9.93. The number of aromatic nitrogens is 6. The van der Waals surface area contributed by atoms with Gasteiger partial charge in [0.2, 0.25) is 0 Å². The summed E-state index contributed by atoms with van der Waals surface area (Å²) in [6.45, 7) is 3.29. The summed E-state index contributed by atoms with van der Waals surface area (Å²) in [4.78, 5) is 37.3. The quantitative estimate of drug-likeness (QED) is 0.0637. The average molecular weight is 877 g/mol. The molecule has 0 saturated carbocycles. The number of ketones is 1. The lowest BCUT2D eigenvalue weighted by Gasteiger charge is -2.09. The van der Waals surface area contributed by atoms with Crippen LogP contribution in [0.2, 0.25) is 10.0 Å². The first-order chi connectivity index (χ1) is 27.8. The molecule has 0 saturated heterocycles. The number of hydrogen-bond donors (Lipinski definition) is 3. The van der Waals surface area contributed by atoms with Crippen LogP contribution in [0, 0.1) is 13.8 Å². The van der Waals surface area contributed by atoms with E-state index in [1.807, 2.05) is 0 Å². The number of aryl methyl sites for hydroxylation is 2. The summed E-state index contributed by atoms with van der Waals surface area (Å²) in [6, 6.07) is 17.5. The van der Waals surface area contributed by atoms with Crippen LogP contribution < -0.4 is 5.73 Å². The van der Waals surface area contributed by atoms with E-state index in [-0.39, 0.29) is 33.6 Å². The Hall–Kier alpha value is -6.17. The fourth-order valence-corrected chi connectivity index (χ4v) is 6.21. The van der Waals surface area contributed by atoms with E-state index in [0.29, 0.717) is 61.8 Å². The molecule has 4 N–H and O–H groups in total. The monoisotopic (exact) mass is 875 g/mol. The smallest absolute Gasteiger partial charge is 0.399 e. The van der Waals surface area contributed by atoms with Gasteiger partial charge in [0.15, 0.2) is 5.78 Å². The molecule has 304 valence electrons. The van der Waals surface area contributed by atoms with E-state index in [2.05, 4.69) is 34.8 Å². The molecule has 8 aromatic rings. The normalized spacial score (nSPS) is 11.6. The van der Waals surface area contributed by atoms with Crippen molar-refractivity contribution in [3.8, 4) is 22.8 Å². The van der Waals surface area contributed by atoms with Gasteiger partial charge in [0.25, 0.3) is 5.24 Å². The highest BCUT2D eigenvalue weighted by Gasteiger charge is 2.34. The fourth-order valence-electron chi connectivity index (χ4n) is 5.58. The number of carbonyl (C=O) groups is 2. The molecule has 0 amide bonds. The molecule has 11 nitrogen and oxygen atoms in total. The number of fused-ring (bicyclic) bond motifs is 2. The van der Waals surface area contributed by atoms with E-state index < -0.39 is 28.7 Å². The Kier molecular flexibility index (Phi) is 12.2. The highest BCUT2D eigenvalue weighted by atomic mass is 35.5. The highest BCUT2D eigenvalue weighted by Crippen LogP contribution is 2.38. The minimum Gasteiger partial charge on any atom is -0.399 e. The molecule has 4 heterocycles. The standard InChI is InChI=1S/C20H13ClF3N3O2.C14H9ClF3N3.C5H4ClNO2/c1-10-13(9-25-29-10)18(28)7-11-2-5-16-17(6-11)27-19(26-16)12-3-4-15(21)14(8-12)20(22,23)24;15-10-3-1-7(5-9(10)14(16,17)18)13-20-11-4-2-8(19)6-12(11)21-13;1-3-4(5(6)8)2-7-9-3/h2-6,8-9H,7H2,1H3,(H,26,27);1-6H,19H2,(H,20,21);2H,1H3. The van der Waals surface area contributed by atoms with Crippen LogP contribution in [0.15, 0.2) is 94.2 Å². The van der Waals surface area contributed by atoms with Crippen molar-refractivity contribution < 1.29 is 45.0 Å². The molecule has 0 fully saturated rings. The highest BCUT2D eigenvalue weighted by molar-refractivity contribution is 6.67. The molecule has 0 aliphatic carbocycles. The Morgan fingerprint density at radius 2 is 1.15 bits per heavy atom. The molecule has 8 rings (SSSR count). The van der Waals surface area contributed by atoms with E-state index in [1.165, 1.54) is 36.7 Å². The predicted octanol–water partition coefficient (Wildman–Crippen LogP) is 11.5. The molecule has 4 aromatic heterocycles. The van der Waals surface area contributed by atoms with Crippen molar-refractivity contribution in [2.24, 2.45) is 0 Å². The number of rotatable bonds is 6. The number of anilines is 1. The van der Waals surface area contributed by atoms with Gasteiger partial charge in [-0.05, 0) is 97.7 Å². The number of Topliss-reactive ketones (excluding diaryl/α,β-unsaturated/α-hetero) is 1. The molecule has 20 heteroatoms. The zero-order valence-corrected chi connectivity index (χ0v) is 32.5. The van der Waals surface area contributed by atoms with Crippen molar-refractivity contribution in [2.75, 3.05) is 5.73 Å². The number of imidazole rings is 2. The Morgan fingerprint density at radius 1 is 0.678 bits per heavy atom. The van der Waals surface area contributed by atoms with Crippen molar-refractivity contribution >= 4 is 73.6 Å². The summed E-state index contributed by atoms with van der Waals surface area (Å²) >= 11 is 16.4. The maximum absolute atomic E-state index is 13.1. The van der Waals surface area contributed by atoms with Gasteiger partial charge in [-0.2, -0.15) is 26.3 Å². The van der Waals surface area contributed by atoms with Crippen LogP contribution in [0.25, 0.3) is 44.8 Å². The van der Waals surface area contributed by atoms with Crippen molar-refractivity contribution in [3.05, 3.63) is 135 Å². The number of halogens is 9. The lowest BCUT2D eigenvalue weighted by Crippen LogP contribution is -2.06. The van der Waals surface area contributed by atoms with E-state index in [9.17, 15) is 35.9 Å². The van der Waals surface area contributed by atoms with Gasteiger partial charge in [0.1, 0.15) is 23.2 Å². The van der Waals surface area contributed by atoms with Gasteiger partial charge < -0.3 is 24.7 Å². The Morgan fingerprint density at radius 3 is 1.59 bits per heavy atom. The van der Waals surface area contributed by atoms with E-state index in [4.69, 9.17) is 45.1 Å². The fraction of sp³-hybridized carbons (Fsp3) is 0.128. The van der Waals surface area contributed by atoms with Crippen LogP contribution >= 0.6 is 34.8 Å². The zero-order chi connectivity index (χ0) is 42.8. The number of carbonyl (C=O) groups excluding carboxylic acids is 2. The average Bonchev–Trinajstić information content (AvgIpc) is 3.98. The van der Waals surface area contributed by atoms with E-state index in [0.717, 1.165) is 17.7 Å². The van der Waals surface area contributed by atoms with Crippen LogP contribution in [0.4, 0.5) is 32.0 Å². The van der Waals surface area contributed by atoms with Crippen LogP contribution in [0.5, 0.6) is 0 Å². The summed E-state index contributed by atoms with van der Waals surface area (Å²) in [5.74, 6) is 1.37. The first-order valence-corrected chi connectivity index (χ1v) is 18.0. The van der Waals surface area contributed by atoms with E-state index in [1.54, 1.807) is 50.2 Å². The van der Waals surface area contributed by atoms with Crippen molar-refractivity contribution in [2.45, 2.75) is 32.6 Å². The number of nitrogen functional groups attached to an aromatic ring is 1. The van der Waals surface area contributed by atoms with Gasteiger partial charge in [-0.3, -0.25) is 9.59 Å². The van der Waals surface area contributed by atoms with Crippen LogP contribution in [0.3, 0.4) is 0 Å². The predicted molar refractivity (Wildman–Crippen MR) is 208 cm³/mol. The van der Waals surface area contributed by atoms with Gasteiger partial charge in [0.05, 0.1) is 66.8 Å². The second kappa shape index (κ2) is 17.0. The maximum atomic E-state index is 13.1. The lowest BCUT2D eigenvalue weighted by molar-refractivity contribution is -0.138. The minimum atomic E-state index is -4.56. The number of nitrogens with zero attached hydrogens (tertiary/aromatic N) is 4. The molecule has 59 heavy (non-hydrogen) atoms. The van der Waals surface area contributed by atoms with Crippen molar-refractivity contribution in [1.29, 1.82) is 0 Å². The number of H-pyrrole nitrogens is 2. The van der Waals surface area contributed by atoms with Gasteiger partial charge in [-0.1, -0.05) is 39.6 Å². The Balaban J connectivity index is 0.000000169. The first-order valence-electron chi connectivity index (χ1n) is 16.8. The second-order valence-electron chi connectivity index (χ2n) is 12.6. The van der Waals surface area contributed by atoms with Gasteiger partial charge in [-0.25, -0.2) is 9.97 Å². The molecule has 4 aromatic carbocycles. The number of aromatic amines is 2. The second-order valence-corrected chi connectivity index (χ2v) is 13.8. The van der Waals surface area contributed by atoms with Crippen molar-refractivity contribution in [1.82, 2.24) is 30.2 Å². The molecule has 0 aliphatic heterocycles. The number of nitrogens with one attached hydrogen (secondary N) is 2. The zero-order valence-electron chi connectivity index (χ0n) is 30.2. The molecule has 0 aliphatic rings. The molecule has 0 unspecified atom stereocenters. The van der Waals surface area contributed by atoms with Crippen LogP contribution in [0.1, 0.15) is 48.9 Å². The Labute approximate surface area is 343 Å². The summed E-state index contributed by atoms with van der Waals surface area (Å²) in [5, 5.41) is 5.72. The number of hydrogen-bond acceptors (Lipinski definition) is 9. The topological polar surface area (TPSA) is 170 Å². The summed E-state index contributed by atoms with van der Waals surface area (Å²) < 4.78 is 87.4. The summed E-state index contributed by atoms with van der Waals surface area (Å²) in [7, 11) is 0. The van der Waals surface area contributed by atoms with Gasteiger partial charge >= 0.3 is 12.4 Å². The minimum absolute atomic E-state index is 0.130. The molecule has 0 spiro atoms. The molecule has 0 bridgehead atoms. The maximum Gasteiger partial charge on any atom is 0.417 e. The van der Waals surface area contributed by atoms with Crippen LogP contribution in [-0.4, -0.2) is 41.3 Å². The SMILES string of the molecule is Cc1oncc1C(=O)Cc1ccc2nc(-c3ccc(Cl)c(C(F)(F)F)c3)[nH]c2c1.Cc1oncc1C(=O)Cl.Nc1ccc2nc(-c3ccc(Cl)c(C(F)(F)F)c3)[nH]c2c1. The number of alkyl halides is 6. The lowest BCUT2D eigenvalue weighted by atomic mass is 10.0. The molecular weight excluding hydrogens is 851 g/mol. The summed E-state index contributed by atoms with van der Waals surface area (Å²) in [6.07, 6.45) is -6.27.